The van der Waals surface area contributed by atoms with E-state index in [2.05, 4.69) is 4.74 Å². The third-order valence-electron chi connectivity index (χ3n) is 1.66. The van der Waals surface area contributed by atoms with Crippen LogP contribution in [-0.4, -0.2) is 19.6 Å². The lowest BCUT2D eigenvalue weighted by molar-refractivity contribution is -0.142. The molecule has 0 saturated carbocycles. The van der Waals surface area contributed by atoms with Crippen LogP contribution >= 0.6 is 11.6 Å². The third kappa shape index (κ3) is 2.23. The first kappa shape index (κ1) is 10.1. The SMILES string of the molecule is COC(=O)C(CN)c1ccc(Cl)o1. The Labute approximate surface area is 80.6 Å². The maximum Gasteiger partial charge on any atom is 0.317 e. The maximum atomic E-state index is 11.1. The number of hydrogen-bond acceptors (Lipinski definition) is 4. The fraction of sp³-hybridized carbons (Fsp3) is 0.375. The summed E-state index contributed by atoms with van der Waals surface area (Å²) in [5.41, 5.74) is 5.39. The molecule has 1 aromatic heterocycles. The van der Waals surface area contributed by atoms with Crippen molar-refractivity contribution in [2.45, 2.75) is 5.92 Å². The third-order valence-corrected chi connectivity index (χ3v) is 1.86. The van der Waals surface area contributed by atoms with Gasteiger partial charge in [-0.25, -0.2) is 0 Å². The van der Waals surface area contributed by atoms with Crippen molar-refractivity contribution in [1.82, 2.24) is 0 Å². The van der Waals surface area contributed by atoms with Crippen LogP contribution in [0.15, 0.2) is 16.5 Å². The molecule has 0 saturated heterocycles. The minimum atomic E-state index is -0.572. The molecule has 2 N–H and O–H groups in total. The van der Waals surface area contributed by atoms with Crippen molar-refractivity contribution in [3.05, 3.63) is 23.1 Å². The maximum absolute atomic E-state index is 11.1. The molecule has 0 aliphatic rings. The van der Waals surface area contributed by atoms with Gasteiger partial charge in [-0.3, -0.25) is 4.79 Å². The van der Waals surface area contributed by atoms with Crippen molar-refractivity contribution in [3.63, 3.8) is 0 Å². The molecule has 0 fully saturated rings. The second-order valence-corrected chi connectivity index (χ2v) is 2.83. The van der Waals surface area contributed by atoms with Gasteiger partial charge in [-0.05, 0) is 23.7 Å². The summed E-state index contributed by atoms with van der Waals surface area (Å²) in [6.07, 6.45) is 0. The van der Waals surface area contributed by atoms with Crippen molar-refractivity contribution in [3.8, 4) is 0 Å². The molecule has 13 heavy (non-hydrogen) atoms. The first-order valence-electron chi connectivity index (χ1n) is 3.72. The van der Waals surface area contributed by atoms with E-state index in [1.54, 1.807) is 12.1 Å². The van der Waals surface area contributed by atoms with Crippen LogP contribution in [-0.2, 0) is 9.53 Å². The molecule has 1 rings (SSSR count). The first-order valence-corrected chi connectivity index (χ1v) is 4.10. The number of esters is 1. The van der Waals surface area contributed by atoms with Crippen molar-refractivity contribution in [2.24, 2.45) is 5.73 Å². The lowest BCUT2D eigenvalue weighted by atomic mass is 10.1. The van der Waals surface area contributed by atoms with Gasteiger partial charge >= 0.3 is 5.97 Å². The van der Waals surface area contributed by atoms with Crippen LogP contribution in [0.5, 0.6) is 0 Å². The summed E-state index contributed by atoms with van der Waals surface area (Å²) >= 11 is 5.55. The summed E-state index contributed by atoms with van der Waals surface area (Å²) in [4.78, 5) is 11.1. The summed E-state index contributed by atoms with van der Waals surface area (Å²) in [7, 11) is 1.30. The minimum Gasteiger partial charge on any atom is -0.468 e. The van der Waals surface area contributed by atoms with Crippen LogP contribution in [0, 0.1) is 0 Å². The number of furan rings is 1. The fourth-order valence-electron chi connectivity index (χ4n) is 0.986. The lowest BCUT2D eigenvalue weighted by Gasteiger charge is -2.08. The van der Waals surface area contributed by atoms with E-state index in [1.165, 1.54) is 7.11 Å². The Morgan fingerprint density at radius 1 is 1.77 bits per heavy atom. The van der Waals surface area contributed by atoms with Gasteiger partial charge in [0.25, 0.3) is 0 Å². The van der Waals surface area contributed by atoms with Gasteiger partial charge < -0.3 is 14.9 Å². The lowest BCUT2D eigenvalue weighted by Crippen LogP contribution is -2.22. The Balaban J connectivity index is 2.84. The molecule has 0 aliphatic carbocycles. The number of carbonyl (C=O) groups is 1. The molecular weight excluding hydrogens is 194 g/mol. The molecule has 5 heteroatoms. The van der Waals surface area contributed by atoms with E-state index >= 15 is 0 Å². The topological polar surface area (TPSA) is 65.5 Å². The second kappa shape index (κ2) is 4.30. The van der Waals surface area contributed by atoms with Crippen LogP contribution in [0.25, 0.3) is 0 Å². The molecule has 0 spiro atoms. The highest BCUT2D eigenvalue weighted by atomic mass is 35.5. The van der Waals surface area contributed by atoms with E-state index in [9.17, 15) is 4.79 Å². The van der Waals surface area contributed by atoms with Crippen molar-refractivity contribution in [1.29, 1.82) is 0 Å². The van der Waals surface area contributed by atoms with Crippen molar-refractivity contribution >= 4 is 17.6 Å². The number of rotatable bonds is 3. The number of hydrogen-bond donors (Lipinski definition) is 1. The molecule has 0 aliphatic heterocycles. The largest absolute Gasteiger partial charge is 0.468 e. The fourth-order valence-corrected chi connectivity index (χ4v) is 1.14. The Kier molecular flexibility index (Phi) is 3.33. The normalized spacial score (nSPS) is 12.5. The highest BCUT2D eigenvalue weighted by Gasteiger charge is 2.22. The van der Waals surface area contributed by atoms with Crippen LogP contribution in [0.4, 0.5) is 0 Å². The van der Waals surface area contributed by atoms with Gasteiger partial charge in [0.15, 0.2) is 5.22 Å². The summed E-state index contributed by atoms with van der Waals surface area (Å²) < 4.78 is 9.59. The predicted octanol–water partition coefficient (Wildman–Crippen LogP) is 1.15. The van der Waals surface area contributed by atoms with E-state index < -0.39 is 11.9 Å². The molecule has 1 heterocycles. The molecule has 72 valence electrons. The van der Waals surface area contributed by atoms with Crippen LogP contribution in [0.1, 0.15) is 11.7 Å². The Morgan fingerprint density at radius 3 is 2.85 bits per heavy atom. The highest BCUT2D eigenvalue weighted by Crippen LogP contribution is 2.21. The monoisotopic (exact) mass is 203 g/mol. The molecule has 1 unspecified atom stereocenters. The van der Waals surface area contributed by atoms with E-state index in [4.69, 9.17) is 21.8 Å². The van der Waals surface area contributed by atoms with E-state index in [-0.39, 0.29) is 11.8 Å². The zero-order valence-electron chi connectivity index (χ0n) is 7.12. The smallest absolute Gasteiger partial charge is 0.317 e. The zero-order chi connectivity index (χ0) is 9.84. The summed E-state index contributed by atoms with van der Waals surface area (Å²) in [5, 5.41) is 0.234. The highest BCUT2D eigenvalue weighted by molar-refractivity contribution is 6.28. The zero-order valence-corrected chi connectivity index (χ0v) is 7.88. The predicted molar refractivity (Wildman–Crippen MR) is 47.5 cm³/mol. The number of halogens is 1. The Morgan fingerprint density at radius 2 is 2.46 bits per heavy atom. The summed E-state index contributed by atoms with van der Waals surface area (Å²) in [5.74, 6) is -0.564. The molecule has 0 amide bonds. The number of ether oxygens (including phenoxy) is 1. The van der Waals surface area contributed by atoms with Gasteiger partial charge in [-0.2, -0.15) is 0 Å². The van der Waals surface area contributed by atoms with Gasteiger partial charge in [0.05, 0.1) is 7.11 Å². The van der Waals surface area contributed by atoms with Crippen molar-refractivity contribution < 1.29 is 13.9 Å². The molecular formula is C8H10ClNO3. The molecule has 0 aromatic carbocycles. The Hall–Kier alpha value is -1.00. The molecule has 1 atom stereocenters. The minimum absolute atomic E-state index is 0.135. The number of methoxy groups -OCH3 is 1. The Bertz CT molecular complexity index is 297. The molecule has 4 nitrogen and oxygen atoms in total. The van der Waals surface area contributed by atoms with E-state index in [0.29, 0.717) is 5.76 Å². The second-order valence-electron chi connectivity index (χ2n) is 2.45. The first-order chi connectivity index (χ1) is 6.19. The van der Waals surface area contributed by atoms with E-state index in [1.807, 2.05) is 0 Å². The van der Waals surface area contributed by atoms with Gasteiger partial charge in [0, 0.05) is 6.54 Å². The summed E-state index contributed by atoms with van der Waals surface area (Å²) in [6, 6.07) is 3.17. The molecule has 0 bridgehead atoms. The van der Waals surface area contributed by atoms with Gasteiger partial charge in [0.2, 0.25) is 0 Å². The van der Waals surface area contributed by atoms with E-state index in [0.717, 1.165) is 0 Å². The number of nitrogens with two attached hydrogens (primary N) is 1. The van der Waals surface area contributed by atoms with Crippen LogP contribution in [0.2, 0.25) is 5.22 Å². The van der Waals surface area contributed by atoms with Crippen molar-refractivity contribution in [2.75, 3.05) is 13.7 Å². The van der Waals surface area contributed by atoms with Gasteiger partial charge in [-0.1, -0.05) is 0 Å². The molecule has 0 radical (unpaired) electrons. The molecule has 1 aromatic rings. The van der Waals surface area contributed by atoms with Gasteiger partial charge in [0.1, 0.15) is 11.7 Å². The van der Waals surface area contributed by atoms with Crippen LogP contribution < -0.4 is 5.73 Å². The quantitative estimate of drug-likeness (QED) is 0.749. The summed E-state index contributed by atoms with van der Waals surface area (Å²) in [6.45, 7) is 0.135. The average molecular weight is 204 g/mol. The van der Waals surface area contributed by atoms with Crippen LogP contribution in [0.3, 0.4) is 0 Å². The standard InChI is InChI=1S/C8H10ClNO3/c1-12-8(11)5(4-10)6-2-3-7(9)13-6/h2-3,5H,4,10H2,1H3. The van der Waals surface area contributed by atoms with Gasteiger partial charge in [-0.15, -0.1) is 0 Å². The number of carbonyl (C=O) groups excluding carboxylic acids is 1. The average Bonchev–Trinajstić information content (AvgIpc) is 2.53.